The molecule has 0 unspecified atom stereocenters. The Hall–Kier alpha value is -1.71. The minimum atomic E-state index is -0.414. The standard InChI is InChI=1S/C15H23N3O/c1-18(11-7-4-2-3-5-8-11)14-12(15(17)19)9-6-10-13(14)16/h6,9-11H,2-5,7-8,16H2,1H3,(H2,17,19). The number of nitrogen functional groups attached to an aromatic ring is 1. The van der Waals surface area contributed by atoms with Crippen molar-refractivity contribution in [2.45, 2.75) is 44.6 Å². The van der Waals surface area contributed by atoms with Gasteiger partial charge in [-0.2, -0.15) is 0 Å². The number of para-hydroxylation sites is 1. The van der Waals surface area contributed by atoms with Crippen LogP contribution in [0.4, 0.5) is 11.4 Å². The number of carbonyl (C=O) groups excluding carboxylic acids is 1. The second kappa shape index (κ2) is 5.95. The molecule has 0 radical (unpaired) electrons. The lowest BCUT2D eigenvalue weighted by atomic mass is 10.0. The van der Waals surface area contributed by atoms with Crippen molar-refractivity contribution in [1.29, 1.82) is 0 Å². The fraction of sp³-hybridized carbons (Fsp3) is 0.533. The van der Waals surface area contributed by atoms with Gasteiger partial charge in [-0.25, -0.2) is 0 Å². The van der Waals surface area contributed by atoms with E-state index in [0.29, 0.717) is 17.3 Å². The molecular formula is C15H23N3O. The summed E-state index contributed by atoms with van der Waals surface area (Å²) in [6.45, 7) is 0. The van der Waals surface area contributed by atoms with Crippen molar-refractivity contribution in [2.75, 3.05) is 17.7 Å². The Morgan fingerprint density at radius 2 is 1.84 bits per heavy atom. The summed E-state index contributed by atoms with van der Waals surface area (Å²) in [7, 11) is 2.02. The fourth-order valence-electron chi connectivity index (χ4n) is 2.98. The van der Waals surface area contributed by atoms with Crippen molar-refractivity contribution in [3.8, 4) is 0 Å². The number of rotatable bonds is 3. The molecule has 0 spiro atoms. The van der Waals surface area contributed by atoms with E-state index in [9.17, 15) is 4.79 Å². The van der Waals surface area contributed by atoms with E-state index in [1.54, 1.807) is 12.1 Å². The molecule has 0 aromatic heterocycles. The molecule has 1 aliphatic rings. The molecule has 0 heterocycles. The molecule has 1 saturated carbocycles. The Morgan fingerprint density at radius 3 is 2.42 bits per heavy atom. The van der Waals surface area contributed by atoms with Crippen LogP contribution in [0, 0.1) is 0 Å². The van der Waals surface area contributed by atoms with Crippen LogP contribution >= 0.6 is 0 Å². The zero-order valence-corrected chi connectivity index (χ0v) is 11.6. The number of benzene rings is 1. The summed E-state index contributed by atoms with van der Waals surface area (Å²) < 4.78 is 0. The molecule has 1 aromatic carbocycles. The summed E-state index contributed by atoms with van der Waals surface area (Å²) >= 11 is 0. The second-order valence-electron chi connectivity index (χ2n) is 5.36. The third kappa shape index (κ3) is 3.00. The smallest absolute Gasteiger partial charge is 0.250 e. The average Bonchev–Trinajstić information content (AvgIpc) is 2.66. The van der Waals surface area contributed by atoms with E-state index < -0.39 is 5.91 Å². The van der Waals surface area contributed by atoms with Crippen molar-refractivity contribution >= 4 is 17.3 Å². The van der Waals surface area contributed by atoms with Gasteiger partial charge in [0.1, 0.15) is 0 Å². The number of nitrogens with zero attached hydrogens (tertiary/aromatic N) is 1. The average molecular weight is 261 g/mol. The number of hydrogen-bond acceptors (Lipinski definition) is 3. The van der Waals surface area contributed by atoms with Crippen LogP contribution in [0.5, 0.6) is 0 Å². The third-order valence-corrected chi connectivity index (χ3v) is 4.06. The Morgan fingerprint density at radius 1 is 1.21 bits per heavy atom. The lowest BCUT2D eigenvalue weighted by Crippen LogP contribution is -2.33. The summed E-state index contributed by atoms with van der Waals surface area (Å²) in [5.41, 5.74) is 13.5. The van der Waals surface area contributed by atoms with Crippen LogP contribution in [0.2, 0.25) is 0 Å². The fourth-order valence-corrected chi connectivity index (χ4v) is 2.98. The second-order valence-corrected chi connectivity index (χ2v) is 5.36. The van der Waals surface area contributed by atoms with Gasteiger partial charge < -0.3 is 16.4 Å². The number of carbonyl (C=O) groups is 1. The molecule has 1 aromatic rings. The van der Waals surface area contributed by atoms with Gasteiger partial charge in [0.25, 0.3) is 5.91 Å². The van der Waals surface area contributed by atoms with Gasteiger partial charge in [0, 0.05) is 13.1 Å². The lowest BCUT2D eigenvalue weighted by Gasteiger charge is -2.31. The van der Waals surface area contributed by atoms with Crippen LogP contribution < -0.4 is 16.4 Å². The highest BCUT2D eigenvalue weighted by molar-refractivity contribution is 6.01. The largest absolute Gasteiger partial charge is 0.397 e. The quantitative estimate of drug-likeness (QED) is 0.648. The van der Waals surface area contributed by atoms with Gasteiger partial charge in [-0.1, -0.05) is 31.7 Å². The Balaban J connectivity index is 2.31. The molecule has 0 atom stereocenters. The van der Waals surface area contributed by atoms with Crippen LogP contribution in [-0.4, -0.2) is 19.0 Å². The highest BCUT2D eigenvalue weighted by atomic mass is 16.1. The normalized spacial score (nSPS) is 16.9. The van der Waals surface area contributed by atoms with Crippen LogP contribution in [0.3, 0.4) is 0 Å². The van der Waals surface area contributed by atoms with E-state index in [1.807, 2.05) is 13.1 Å². The first-order valence-electron chi connectivity index (χ1n) is 7.02. The van der Waals surface area contributed by atoms with Gasteiger partial charge in [-0.15, -0.1) is 0 Å². The van der Waals surface area contributed by atoms with E-state index in [1.165, 1.54) is 25.7 Å². The first-order chi connectivity index (χ1) is 9.11. The lowest BCUT2D eigenvalue weighted by molar-refractivity contribution is 0.100. The van der Waals surface area contributed by atoms with E-state index in [-0.39, 0.29) is 0 Å². The van der Waals surface area contributed by atoms with Crippen LogP contribution in [0.25, 0.3) is 0 Å². The molecule has 104 valence electrons. The summed E-state index contributed by atoms with van der Waals surface area (Å²) in [4.78, 5) is 13.7. The molecule has 1 amide bonds. The van der Waals surface area contributed by atoms with Gasteiger partial charge in [0.2, 0.25) is 0 Å². The van der Waals surface area contributed by atoms with Gasteiger partial charge in [-0.3, -0.25) is 4.79 Å². The molecule has 0 saturated heterocycles. The van der Waals surface area contributed by atoms with Crippen molar-refractivity contribution in [2.24, 2.45) is 5.73 Å². The molecule has 2 rings (SSSR count). The maximum Gasteiger partial charge on any atom is 0.250 e. The van der Waals surface area contributed by atoms with Gasteiger partial charge >= 0.3 is 0 Å². The maximum atomic E-state index is 11.6. The van der Waals surface area contributed by atoms with Crippen molar-refractivity contribution in [1.82, 2.24) is 0 Å². The van der Waals surface area contributed by atoms with E-state index >= 15 is 0 Å². The Labute approximate surface area is 114 Å². The predicted octanol–water partition coefficient (Wildman–Crippen LogP) is 2.53. The zero-order valence-electron chi connectivity index (χ0n) is 11.6. The van der Waals surface area contributed by atoms with Crippen LogP contribution in [0.1, 0.15) is 48.9 Å². The SMILES string of the molecule is CN(c1c(N)cccc1C(N)=O)C1CCCCCC1. The van der Waals surface area contributed by atoms with Crippen LogP contribution in [-0.2, 0) is 0 Å². The number of hydrogen-bond donors (Lipinski definition) is 2. The number of anilines is 2. The van der Waals surface area contributed by atoms with Crippen molar-refractivity contribution in [3.63, 3.8) is 0 Å². The zero-order chi connectivity index (χ0) is 13.8. The monoisotopic (exact) mass is 261 g/mol. The minimum Gasteiger partial charge on any atom is -0.397 e. The van der Waals surface area contributed by atoms with Crippen LogP contribution in [0.15, 0.2) is 18.2 Å². The summed E-state index contributed by atoms with van der Waals surface area (Å²) in [6.07, 6.45) is 7.40. The summed E-state index contributed by atoms with van der Waals surface area (Å²) in [5.74, 6) is -0.414. The number of primary amides is 1. The first-order valence-corrected chi connectivity index (χ1v) is 7.02. The molecule has 1 fully saturated rings. The minimum absolute atomic E-state index is 0.414. The third-order valence-electron chi connectivity index (χ3n) is 4.06. The molecule has 4 N–H and O–H groups in total. The summed E-state index contributed by atoms with van der Waals surface area (Å²) in [6, 6.07) is 5.81. The maximum absolute atomic E-state index is 11.6. The van der Waals surface area contributed by atoms with E-state index in [4.69, 9.17) is 11.5 Å². The molecule has 19 heavy (non-hydrogen) atoms. The van der Waals surface area contributed by atoms with Crippen molar-refractivity contribution in [3.05, 3.63) is 23.8 Å². The Kier molecular flexibility index (Phi) is 4.30. The topological polar surface area (TPSA) is 72.3 Å². The van der Waals surface area contributed by atoms with Crippen molar-refractivity contribution < 1.29 is 4.79 Å². The molecule has 0 bridgehead atoms. The first kappa shape index (κ1) is 13.7. The predicted molar refractivity (Wildman–Crippen MR) is 79.3 cm³/mol. The number of amides is 1. The van der Waals surface area contributed by atoms with Gasteiger partial charge in [-0.05, 0) is 25.0 Å². The number of nitrogens with two attached hydrogens (primary N) is 2. The Bertz CT molecular complexity index is 451. The highest BCUT2D eigenvalue weighted by Gasteiger charge is 2.22. The van der Waals surface area contributed by atoms with E-state index in [0.717, 1.165) is 18.5 Å². The molecule has 4 heteroatoms. The molecule has 4 nitrogen and oxygen atoms in total. The van der Waals surface area contributed by atoms with E-state index in [2.05, 4.69) is 4.90 Å². The molecular weight excluding hydrogens is 238 g/mol. The van der Waals surface area contributed by atoms with Gasteiger partial charge in [0.05, 0.1) is 16.9 Å². The molecule has 1 aliphatic carbocycles. The highest BCUT2D eigenvalue weighted by Crippen LogP contribution is 2.32. The molecule has 0 aliphatic heterocycles. The summed E-state index contributed by atoms with van der Waals surface area (Å²) in [5, 5.41) is 0. The van der Waals surface area contributed by atoms with Gasteiger partial charge in [0.15, 0.2) is 0 Å².